The Hall–Kier alpha value is -1.77. The molecule has 0 bridgehead atoms. The van der Waals surface area contributed by atoms with Crippen LogP contribution in [-0.2, 0) is 19.1 Å². The van der Waals surface area contributed by atoms with Crippen LogP contribution in [0.5, 0.6) is 0 Å². The van der Waals surface area contributed by atoms with Gasteiger partial charge in [-0.1, -0.05) is 45.4 Å². The second-order valence-electron chi connectivity index (χ2n) is 7.63. The second-order valence-corrected chi connectivity index (χ2v) is 7.63. The summed E-state index contributed by atoms with van der Waals surface area (Å²) in [4.78, 5) is 24.4. The minimum Gasteiger partial charge on any atom is -0.466 e. The average molecular weight is 411 g/mol. The number of carbonyl (C=O) groups excluding carboxylic acids is 2. The number of rotatable bonds is 19. The summed E-state index contributed by atoms with van der Waals surface area (Å²) in [5.74, 6) is -0.345. The van der Waals surface area contributed by atoms with Crippen molar-refractivity contribution in [2.75, 3.05) is 19.7 Å². The van der Waals surface area contributed by atoms with Crippen molar-refractivity contribution in [2.45, 2.75) is 110 Å². The molecule has 0 aromatic carbocycles. The summed E-state index contributed by atoms with van der Waals surface area (Å²) in [5, 5.41) is 9.32. The fourth-order valence-corrected chi connectivity index (χ4v) is 3.35. The van der Waals surface area contributed by atoms with E-state index in [9.17, 15) is 14.9 Å². The van der Waals surface area contributed by atoms with Crippen molar-refractivity contribution in [3.05, 3.63) is 0 Å². The van der Waals surface area contributed by atoms with Crippen molar-refractivity contribution < 1.29 is 19.1 Å². The van der Waals surface area contributed by atoms with Crippen LogP contribution in [0.4, 0.5) is 0 Å². The van der Waals surface area contributed by atoms with Crippen LogP contribution in [-0.4, -0.2) is 42.6 Å². The number of ether oxygens (including phenoxy) is 2. The Morgan fingerprint density at radius 2 is 1.52 bits per heavy atom. The molecule has 0 saturated heterocycles. The van der Waals surface area contributed by atoms with Gasteiger partial charge in [0.15, 0.2) is 6.19 Å². The third-order valence-corrected chi connectivity index (χ3v) is 4.92. The standard InChI is InChI=1S/C23H42N2O4/c1-4-6-7-8-11-15-22(29-21(3)26)16-14-19-25(20-24)18-13-10-9-12-17-23(27)28-5-2/h22H,4-19H2,1-3H3. The number of nitrogens with zero attached hydrogens (tertiary/aromatic N) is 2. The fraction of sp³-hybridized carbons (Fsp3) is 0.870. The van der Waals surface area contributed by atoms with Crippen LogP contribution in [0.2, 0.25) is 0 Å². The Morgan fingerprint density at radius 1 is 0.897 bits per heavy atom. The van der Waals surface area contributed by atoms with Gasteiger partial charge in [0.2, 0.25) is 0 Å². The summed E-state index contributed by atoms with van der Waals surface area (Å²) in [6.45, 7) is 7.36. The van der Waals surface area contributed by atoms with Crippen molar-refractivity contribution in [1.29, 1.82) is 5.26 Å². The highest BCUT2D eigenvalue weighted by Crippen LogP contribution is 2.15. The summed E-state index contributed by atoms with van der Waals surface area (Å²) in [7, 11) is 0. The minimum absolute atomic E-state index is 0.0300. The predicted octanol–water partition coefficient (Wildman–Crippen LogP) is 5.36. The number of carbonyl (C=O) groups is 2. The molecule has 0 aromatic rings. The van der Waals surface area contributed by atoms with Gasteiger partial charge in [0.25, 0.3) is 0 Å². The van der Waals surface area contributed by atoms with Crippen LogP contribution >= 0.6 is 0 Å². The average Bonchev–Trinajstić information content (AvgIpc) is 2.68. The van der Waals surface area contributed by atoms with E-state index < -0.39 is 0 Å². The molecule has 0 heterocycles. The largest absolute Gasteiger partial charge is 0.466 e. The zero-order valence-electron chi connectivity index (χ0n) is 18.9. The Kier molecular flexibility index (Phi) is 18.3. The maximum Gasteiger partial charge on any atom is 0.305 e. The maximum atomic E-state index is 11.3. The molecule has 29 heavy (non-hydrogen) atoms. The highest BCUT2D eigenvalue weighted by Gasteiger charge is 2.13. The van der Waals surface area contributed by atoms with Gasteiger partial charge in [-0.05, 0) is 45.4 Å². The summed E-state index contributed by atoms with van der Waals surface area (Å²) in [6.07, 6.45) is 15.1. The van der Waals surface area contributed by atoms with Gasteiger partial charge in [0, 0.05) is 26.4 Å². The van der Waals surface area contributed by atoms with Crippen LogP contribution < -0.4 is 0 Å². The Morgan fingerprint density at radius 3 is 2.17 bits per heavy atom. The maximum absolute atomic E-state index is 11.3. The normalized spacial score (nSPS) is 11.5. The molecule has 0 amide bonds. The lowest BCUT2D eigenvalue weighted by atomic mass is 10.0. The highest BCUT2D eigenvalue weighted by atomic mass is 16.5. The number of hydrogen-bond donors (Lipinski definition) is 0. The first-order chi connectivity index (χ1) is 14.0. The predicted molar refractivity (Wildman–Crippen MR) is 115 cm³/mol. The lowest BCUT2D eigenvalue weighted by Crippen LogP contribution is -2.23. The molecule has 0 saturated carbocycles. The van der Waals surface area contributed by atoms with Crippen molar-refractivity contribution in [3.8, 4) is 6.19 Å². The molecule has 0 radical (unpaired) electrons. The smallest absolute Gasteiger partial charge is 0.305 e. The van der Waals surface area contributed by atoms with Crippen LogP contribution in [0, 0.1) is 11.5 Å². The van der Waals surface area contributed by atoms with Crippen molar-refractivity contribution in [2.24, 2.45) is 0 Å². The van der Waals surface area contributed by atoms with E-state index in [2.05, 4.69) is 13.1 Å². The summed E-state index contributed by atoms with van der Waals surface area (Å²) in [6, 6.07) is 0. The van der Waals surface area contributed by atoms with E-state index in [0.717, 1.165) is 57.9 Å². The van der Waals surface area contributed by atoms with Crippen molar-refractivity contribution in [1.82, 2.24) is 4.90 Å². The van der Waals surface area contributed by atoms with Gasteiger partial charge >= 0.3 is 11.9 Å². The molecular weight excluding hydrogens is 368 g/mol. The molecule has 6 heteroatoms. The molecule has 0 aromatic heterocycles. The number of hydrogen-bond acceptors (Lipinski definition) is 6. The van der Waals surface area contributed by atoms with Gasteiger partial charge in [-0.15, -0.1) is 0 Å². The first-order valence-corrected chi connectivity index (χ1v) is 11.5. The van der Waals surface area contributed by atoms with Gasteiger partial charge in [-0.25, -0.2) is 0 Å². The molecule has 6 nitrogen and oxygen atoms in total. The zero-order chi connectivity index (χ0) is 21.7. The summed E-state index contributed by atoms with van der Waals surface area (Å²) >= 11 is 0. The van der Waals surface area contributed by atoms with Gasteiger partial charge in [0.05, 0.1) is 6.61 Å². The minimum atomic E-state index is -0.219. The lowest BCUT2D eigenvalue weighted by Gasteiger charge is -2.19. The number of nitriles is 1. The molecule has 0 aliphatic rings. The summed E-state index contributed by atoms with van der Waals surface area (Å²) in [5.41, 5.74) is 0. The molecule has 0 aliphatic heterocycles. The summed E-state index contributed by atoms with van der Waals surface area (Å²) < 4.78 is 10.4. The molecular formula is C23H42N2O4. The molecule has 0 spiro atoms. The van der Waals surface area contributed by atoms with Crippen LogP contribution in [0.25, 0.3) is 0 Å². The van der Waals surface area contributed by atoms with E-state index in [4.69, 9.17) is 9.47 Å². The van der Waals surface area contributed by atoms with Gasteiger partial charge < -0.3 is 14.4 Å². The third kappa shape index (κ3) is 18.0. The molecule has 168 valence electrons. The Labute approximate surface area is 177 Å². The monoisotopic (exact) mass is 410 g/mol. The van der Waals surface area contributed by atoms with E-state index in [-0.39, 0.29) is 18.0 Å². The van der Waals surface area contributed by atoms with Crippen LogP contribution in [0.1, 0.15) is 104 Å². The number of esters is 2. The molecule has 0 aliphatic carbocycles. The molecule has 0 rings (SSSR count). The van der Waals surface area contributed by atoms with Gasteiger partial charge in [-0.2, -0.15) is 5.26 Å². The zero-order valence-corrected chi connectivity index (χ0v) is 18.9. The van der Waals surface area contributed by atoms with E-state index in [0.29, 0.717) is 19.6 Å². The molecule has 1 unspecified atom stereocenters. The van der Waals surface area contributed by atoms with Gasteiger partial charge in [0.1, 0.15) is 6.10 Å². The first kappa shape index (κ1) is 27.2. The molecule has 0 fully saturated rings. The molecule has 0 N–H and O–H groups in total. The van der Waals surface area contributed by atoms with Crippen LogP contribution in [0.3, 0.4) is 0 Å². The van der Waals surface area contributed by atoms with Crippen LogP contribution in [0.15, 0.2) is 0 Å². The van der Waals surface area contributed by atoms with Gasteiger partial charge in [-0.3, -0.25) is 9.59 Å². The third-order valence-electron chi connectivity index (χ3n) is 4.92. The van der Waals surface area contributed by atoms with E-state index in [1.165, 1.54) is 32.6 Å². The van der Waals surface area contributed by atoms with Crippen molar-refractivity contribution >= 4 is 11.9 Å². The fourth-order valence-electron chi connectivity index (χ4n) is 3.35. The quantitative estimate of drug-likeness (QED) is 0.123. The van der Waals surface area contributed by atoms with Crippen molar-refractivity contribution in [3.63, 3.8) is 0 Å². The highest BCUT2D eigenvalue weighted by molar-refractivity contribution is 5.69. The first-order valence-electron chi connectivity index (χ1n) is 11.5. The molecule has 1 atom stereocenters. The van der Waals surface area contributed by atoms with E-state index in [1.54, 1.807) is 4.90 Å². The SMILES string of the molecule is CCCCCCCC(CCCN(C#N)CCCCCCC(=O)OCC)OC(C)=O. The van der Waals surface area contributed by atoms with E-state index in [1.807, 2.05) is 6.92 Å². The lowest BCUT2D eigenvalue weighted by molar-refractivity contribution is -0.147. The second kappa shape index (κ2) is 19.5. The Bertz CT molecular complexity index is 462. The Balaban J connectivity index is 3.93. The van der Waals surface area contributed by atoms with E-state index >= 15 is 0 Å². The topological polar surface area (TPSA) is 79.6 Å². The number of unbranched alkanes of at least 4 members (excludes halogenated alkanes) is 7.